The molecule has 6 aromatic carbocycles. The van der Waals surface area contributed by atoms with Crippen molar-refractivity contribution in [2.24, 2.45) is 0 Å². The number of hydrogen-bond acceptors (Lipinski definition) is 2. The Hall–Kier alpha value is -6.31. The third kappa shape index (κ3) is 7.12. The van der Waals surface area contributed by atoms with Crippen LogP contribution in [0.15, 0.2) is 103 Å². The highest BCUT2D eigenvalue weighted by molar-refractivity contribution is 6.12. The van der Waals surface area contributed by atoms with Crippen LogP contribution in [0.25, 0.3) is 66.1 Å². The normalized spacial score (nSPS) is 13.0. The summed E-state index contributed by atoms with van der Waals surface area (Å²) in [6.45, 7) is 26.0. The Morgan fingerprint density at radius 1 is 0.403 bits per heavy atom. The Bertz CT molecular complexity index is 3080. The number of nitriles is 2. The first-order valence-corrected chi connectivity index (χ1v) is 21.2. The molecule has 0 aliphatic rings. The number of nitrogens with zero attached hydrogens (tertiary/aromatic N) is 4. The SMILES string of the molecule is CC(C)(C)c1ccc2c(c1)c1cc(C(C)(C)C)ccc1n2-c1cc(-c2ccc(C#N)cc2C(F)(F)F)c(-n2c3ccc(C(C)(C)C)cc3c3cc(C(C)(C)C)ccc32)cc1C#N. The predicted molar refractivity (Wildman–Crippen MR) is 250 cm³/mol. The zero-order valence-corrected chi connectivity index (χ0v) is 37.7. The van der Waals surface area contributed by atoms with Crippen LogP contribution in [0.3, 0.4) is 0 Å². The molecule has 0 amide bonds. The summed E-state index contributed by atoms with van der Waals surface area (Å²) in [5.41, 5.74) is 7.56. The van der Waals surface area contributed by atoms with Crippen LogP contribution in [0.5, 0.6) is 0 Å². The molecule has 314 valence electrons. The Labute approximate surface area is 362 Å². The Kier molecular flexibility index (Phi) is 9.65. The van der Waals surface area contributed by atoms with Crippen LogP contribution < -0.4 is 0 Å². The summed E-state index contributed by atoms with van der Waals surface area (Å²) in [5.74, 6) is 0. The molecule has 0 aliphatic carbocycles. The molecule has 0 spiro atoms. The van der Waals surface area contributed by atoms with E-state index in [-0.39, 0.29) is 38.4 Å². The minimum atomic E-state index is -4.79. The molecule has 4 nitrogen and oxygen atoms in total. The molecule has 0 unspecified atom stereocenters. The average molecular weight is 827 g/mol. The molecule has 0 saturated carbocycles. The van der Waals surface area contributed by atoms with Crippen LogP contribution in [0.1, 0.15) is 122 Å². The van der Waals surface area contributed by atoms with E-state index in [1.54, 1.807) is 12.1 Å². The molecule has 0 aliphatic heterocycles. The summed E-state index contributed by atoms with van der Waals surface area (Å²) < 4.78 is 50.2. The highest BCUT2D eigenvalue weighted by Crippen LogP contribution is 2.46. The monoisotopic (exact) mass is 826 g/mol. The molecule has 0 bridgehead atoms. The minimum absolute atomic E-state index is 0.0873. The van der Waals surface area contributed by atoms with E-state index < -0.39 is 11.7 Å². The molecule has 0 saturated heterocycles. The first-order chi connectivity index (χ1) is 28.8. The third-order valence-electron chi connectivity index (χ3n) is 12.5. The van der Waals surface area contributed by atoms with E-state index in [1.165, 1.54) is 12.1 Å². The largest absolute Gasteiger partial charge is 0.417 e. The molecule has 7 heteroatoms. The van der Waals surface area contributed by atoms with Crippen molar-refractivity contribution < 1.29 is 13.2 Å². The highest BCUT2D eigenvalue weighted by atomic mass is 19.4. The summed E-state index contributed by atoms with van der Waals surface area (Å²) >= 11 is 0. The summed E-state index contributed by atoms with van der Waals surface area (Å²) in [6, 6.07) is 37.1. The average Bonchev–Trinajstić information content (AvgIpc) is 3.69. The molecule has 8 aromatic rings. The van der Waals surface area contributed by atoms with Crippen LogP contribution in [0, 0.1) is 22.7 Å². The van der Waals surface area contributed by atoms with Crippen molar-refractivity contribution in [3.05, 3.63) is 142 Å². The maximum absolute atomic E-state index is 15.4. The quantitative estimate of drug-likeness (QED) is 0.178. The summed E-state index contributed by atoms with van der Waals surface area (Å²) in [6.07, 6.45) is -4.79. The van der Waals surface area contributed by atoms with E-state index in [4.69, 9.17) is 0 Å². The number of halogens is 3. The zero-order valence-electron chi connectivity index (χ0n) is 37.7. The first-order valence-electron chi connectivity index (χ1n) is 21.2. The minimum Gasteiger partial charge on any atom is -0.309 e. The van der Waals surface area contributed by atoms with Gasteiger partial charge in [-0.25, -0.2) is 0 Å². The standard InChI is InChI=1S/C55H53F3N4/c1-51(2,3)34-14-19-45-39(25-34)40-26-35(52(4,5)6)15-20-46(40)61(45)49-29-43(38-18-13-32(30-59)23-44(38)55(56,57)58)50(24-33(49)31-60)62-47-21-16-36(53(7,8)9)27-41(47)42-28-37(54(10,11)12)17-22-48(42)62/h13-29H,1-12H3. The van der Waals surface area contributed by atoms with Crippen molar-refractivity contribution in [3.63, 3.8) is 0 Å². The van der Waals surface area contributed by atoms with E-state index in [9.17, 15) is 10.5 Å². The van der Waals surface area contributed by atoms with E-state index in [0.717, 1.165) is 71.9 Å². The van der Waals surface area contributed by atoms with Crippen molar-refractivity contribution >= 4 is 43.6 Å². The van der Waals surface area contributed by atoms with E-state index in [1.807, 2.05) is 27.3 Å². The van der Waals surface area contributed by atoms with Gasteiger partial charge in [0.2, 0.25) is 0 Å². The number of alkyl halides is 3. The van der Waals surface area contributed by atoms with Gasteiger partial charge in [-0.2, -0.15) is 23.7 Å². The van der Waals surface area contributed by atoms with E-state index in [0.29, 0.717) is 16.9 Å². The lowest BCUT2D eigenvalue weighted by Crippen LogP contribution is -2.11. The molecule has 0 N–H and O–H groups in total. The molecular weight excluding hydrogens is 774 g/mol. The van der Waals surface area contributed by atoms with Gasteiger partial charge in [-0.3, -0.25) is 0 Å². The summed E-state index contributed by atoms with van der Waals surface area (Å²) in [5, 5.41) is 24.9. The molecule has 0 radical (unpaired) electrons. The van der Waals surface area contributed by atoms with Gasteiger partial charge in [-0.05, 0) is 122 Å². The summed E-state index contributed by atoms with van der Waals surface area (Å²) in [4.78, 5) is 0. The summed E-state index contributed by atoms with van der Waals surface area (Å²) in [7, 11) is 0. The van der Waals surface area contributed by atoms with Gasteiger partial charge in [0, 0.05) is 27.1 Å². The van der Waals surface area contributed by atoms with Gasteiger partial charge in [0.1, 0.15) is 6.07 Å². The van der Waals surface area contributed by atoms with Crippen molar-refractivity contribution in [3.8, 4) is 34.6 Å². The molecule has 8 rings (SSSR count). The number of rotatable bonds is 3. The smallest absolute Gasteiger partial charge is 0.309 e. The lowest BCUT2D eigenvalue weighted by atomic mass is 9.85. The zero-order chi connectivity index (χ0) is 45.1. The predicted octanol–water partition coefficient (Wildman–Crippen LogP) is 15.5. The van der Waals surface area contributed by atoms with Gasteiger partial charge in [-0.15, -0.1) is 0 Å². The van der Waals surface area contributed by atoms with Crippen molar-refractivity contribution in [2.75, 3.05) is 0 Å². The van der Waals surface area contributed by atoms with Crippen LogP contribution >= 0.6 is 0 Å². The second-order valence-electron chi connectivity index (χ2n) is 21.0. The lowest BCUT2D eigenvalue weighted by molar-refractivity contribution is -0.137. The third-order valence-corrected chi connectivity index (χ3v) is 12.5. The van der Waals surface area contributed by atoms with Crippen LogP contribution in [0.2, 0.25) is 0 Å². The number of fused-ring (bicyclic) bond motifs is 6. The Morgan fingerprint density at radius 2 is 0.774 bits per heavy atom. The number of hydrogen-bond donors (Lipinski definition) is 0. The molecule has 2 aromatic heterocycles. The van der Waals surface area contributed by atoms with Gasteiger partial charge >= 0.3 is 6.18 Å². The molecule has 2 heterocycles. The second kappa shape index (κ2) is 14.1. The van der Waals surface area contributed by atoms with Gasteiger partial charge in [-0.1, -0.05) is 113 Å². The fourth-order valence-electron chi connectivity index (χ4n) is 8.77. The maximum Gasteiger partial charge on any atom is 0.417 e. The Morgan fingerprint density at radius 3 is 1.10 bits per heavy atom. The fraction of sp³-hybridized carbons (Fsp3) is 0.309. The van der Waals surface area contributed by atoms with Gasteiger partial charge in [0.25, 0.3) is 0 Å². The first kappa shape index (κ1) is 42.4. The molecule has 0 fully saturated rings. The topological polar surface area (TPSA) is 57.4 Å². The van der Waals surface area contributed by atoms with Crippen molar-refractivity contribution in [1.29, 1.82) is 10.5 Å². The van der Waals surface area contributed by atoms with Crippen LogP contribution in [0.4, 0.5) is 13.2 Å². The fourth-order valence-corrected chi connectivity index (χ4v) is 8.77. The van der Waals surface area contributed by atoms with Gasteiger partial charge in [0.15, 0.2) is 0 Å². The van der Waals surface area contributed by atoms with Crippen molar-refractivity contribution in [2.45, 2.75) is 111 Å². The van der Waals surface area contributed by atoms with Crippen LogP contribution in [-0.4, -0.2) is 9.13 Å². The lowest BCUT2D eigenvalue weighted by Gasteiger charge is -2.22. The second-order valence-corrected chi connectivity index (χ2v) is 21.0. The van der Waals surface area contributed by atoms with Gasteiger partial charge < -0.3 is 9.13 Å². The van der Waals surface area contributed by atoms with E-state index in [2.05, 4.69) is 150 Å². The highest BCUT2D eigenvalue weighted by Gasteiger charge is 2.36. The molecular formula is C55H53F3N4. The number of benzene rings is 6. The maximum atomic E-state index is 15.4. The number of aromatic nitrogens is 2. The van der Waals surface area contributed by atoms with Crippen molar-refractivity contribution in [1.82, 2.24) is 9.13 Å². The Balaban J connectivity index is 1.56. The van der Waals surface area contributed by atoms with E-state index >= 15 is 13.2 Å². The molecule has 0 atom stereocenters. The van der Waals surface area contributed by atoms with Crippen LogP contribution in [-0.2, 0) is 27.8 Å². The molecule has 62 heavy (non-hydrogen) atoms. The van der Waals surface area contributed by atoms with Gasteiger partial charge in [0.05, 0.1) is 56.2 Å².